The molecule has 0 spiro atoms. The normalized spacial score (nSPS) is 10.4. The van der Waals surface area contributed by atoms with Crippen molar-refractivity contribution < 1.29 is 13.6 Å². The topological polar surface area (TPSA) is 104 Å². The van der Waals surface area contributed by atoms with E-state index in [1.54, 1.807) is 48.5 Å². The molecule has 34 heavy (non-hydrogen) atoms. The summed E-state index contributed by atoms with van der Waals surface area (Å²) in [5, 5.41) is 11.6. The van der Waals surface area contributed by atoms with Gasteiger partial charge in [0, 0.05) is 10.7 Å². The van der Waals surface area contributed by atoms with E-state index in [-0.39, 0.29) is 41.7 Å². The van der Waals surface area contributed by atoms with E-state index < -0.39 is 11.6 Å². The Balaban J connectivity index is 1.53. The molecule has 3 aromatic carbocycles. The van der Waals surface area contributed by atoms with Gasteiger partial charge in [-0.3, -0.25) is 4.79 Å². The summed E-state index contributed by atoms with van der Waals surface area (Å²) in [5.74, 6) is -1.40. The van der Waals surface area contributed by atoms with Crippen molar-refractivity contribution in [1.29, 1.82) is 0 Å². The number of hydrogen-bond acceptors (Lipinski definition) is 7. The molecule has 1 amide bonds. The first-order valence-electron chi connectivity index (χ1n) is 10.0. The van der Waals surface area contributed by atoms with Gasteiger partial charge in [-0.2, -0.15) is 15.0 Å². The summed E-state index contributed by atoms with van der Waals surface area (Å²) in [6, 6.07) is 18.6. The van der Waals surface area contributed by atoms with Gasteiger partial charge >= 0.3 is 0 Å². The van der Waals surface area contributed by atoms with E-state index in [1.807, 2.05) is 0 Å². The molecular weight excluding hydrogens is 464 g/mol. The summed E-state index contributed by atoms with van der Waals surface area (Å²) >= 11 is 5.85. The van der Waals surface area contributed by atoms with Crippen LogP contribution in [0.5, 0.6) is 0 Å². The maximum absolute atomic E-state index is 14.1. The highest BCUT2D eigenvalue weighted by Gasteiger charge is 2.12. The monoisotopic (exact) mass is 481 g/mol. The van der Waals surface area contributed by atoms with Crippen molar-refractivity contribution in [3.8, 4) is 0 Å². The van der Waals surface area contributed by atoms with Gasteiger partial charge in [0.15, 0.2) is 0 Å². The lowest BCUT2D eigenvalue weighted by Crippen LogP contribution is -2.23. The molecule has 4 aromatic rings. The Labute approximate surface area is 198 Å². The third-order valence-electron chi connectivity index (χ3n) is 4.41. The Morgan fingerprint density at radius 3 is 1.76 bits per heavy atom. The molecule has 1 heterocycles. The highest BCUT2D eigenvalue weighted by Crippen LogP contribution is 2.22. The van der Waals surface area contributed by atoms with Gasteiger partial charge in [-0.15, -0.1) is 0 Å². The van der Waals surface area contributed by atoms with Crippen LogP contribution in [0.2, 0.25) is 5.02 Å². The second kappa shape index (κ2) is 10.5. The third-order valence-corrected chi connectivity index (χ3v) is 4.66. The molecule has 172 valence electrons. The van der Waals surface area contributed by atoms with Crippen molar-refractivity contribution in [2.75, 3.05) is 27.8 Å². The highest BCUT2D eigenvalue weighted by molar-refractivity contribution is 6.30. The number of carbonyl (C=O) groups excluding carboxylic acids is 1. The molecule has 0 saturated carbocycles. The lowest BCUT2D eigenvalue weighted by atomic mass is 10.3. The van der Waals surface area contributed by atoms with E-state index in [0.29, 0.717) is 10.7 Å². The van der Waals surface area contributed by atoms with Crippen LogP contribution >= 0.6 is 11.6 Å². The number of nitrogens with zero attached hydrogens (tertiary/aromatic N) is 3. The average molecular weight is 482 g/mol. The zero-order valence-corrected chi connectivity index (χ0v) is 18.3. The third kappa shape index (κ3) is 6.14. The molecule has 8 nitrogen and oxygen atoms in total. The summed E-state index contributed by atoms with van der Waals surface area (Å²) < 4.78 is 28.2. The number of anilines is 6. The lowest BCUT2D eigenvalue weighted by Gasteiger charge is -2.12. The molecule has 0 radical (unpaired) electrons. The zero-order chi connectivity index (χ0) is 23.9. The minimum Gasteiger partial charge on any atom is -0.345 e. The summed E-state index contributed by atoms with van der Waals surface area (Å²) in [7, 11) is 0. The molecule has 0 aliphatic carbocycles. The van der Waals surface area contributed by atoms with Gasteiger partial charge in [0.05, 0.1) is 17.9 Å². The van der Waals surface area contributed by atoms with Crippen LogP contribution in [0.4, 0.5) is 43.7 Å². The van der Waals surface area contributed by atoms with Crippen LogP contribution in [-0.4, -0.2) is 27.4 Å². The first kappa shape index (κ1) is 22.9. The predicted molar refractivity (Wildman–Crippen MR) is 128 cm³/mol. The second-order valence-electron chi connectivity index (χ2n) is 6.92. The standard InChI is InChI=1S/C23H18ClF2N7O/c24-14-9-11-15(12-10-14)28-20(34)13-27-21-31-22(29-18-7-3-1-5-16(18)25)33-23(32-21)30-19-8-4-2-6-17(19)26/h1-12H,13H2,(H,28,34)(H3,27,29,30,31,32,33). The number of hydrogen-bond donors (Lipinski definition) is 4. The molecule has 0 saturated heterocycles. The Bertz CT molecular complexity index is 1240. The van der Waals surface area contributed by atoms with E-state index in [2.05, 4.69) is 36.2 Å². The molecular formula is C23H18ClF2N7O. The molecule has 0 atom stereocenters. The van der Waals surface area contributed by atoms with Crippen molar-refractivity contribution in [3.05, 3.63) is 89.5 Å². The fourth-order valence-electron chi connectivity index (χ4n) is 2.83. The molecule has 4 rings (SSSR count). The van der Waals surface area contributed by atoms with Crippen LogP contribution in [0, 0.1) is 11.6 Å². The Hall–Kier alpha value is -4.31. The minimum atomic E-state index is -0.511. The zero-order valence-electron chi connectivity index (χ0n) is 17.5. The molecule has 0 unspecified atom stereocenters. The molecule has 1 aromatic heterocycles. The molecule has 0 fully saturated rings. The molecule has 0 aliphatic rings. The van der Waals surface area contributed by atoms with Gasteiger partial charge in [-0.25, -0.2) is 8.78 Å². The number of rotatable bonds is 8. The first-order chi connectivity index (χ1) is 16.5. The van der Waals surface area contributed by atoms with Gasteiger partial charge in [0.25, 0.3) is 0 Å². The predicted octanol–water partition coefficient (Wildman–Crippen LogP) is 5.34. The van der Waals surface area contributed by atoms with E-state index in [1.165, 1.54) is 24.3 Å². The second-order valence-corrected chi connectivity index (χ2v) is 7.36. The number of para-hydroxylation sites is 2. The van der Waals surface area contributed by atoms with Crippen molar-refractivity contribution >= 4 is 52.4 Å². The van der Waals surface area contributed by atoms with Crippen LogP contribution in [0.1, 0.15) is 0 Å². The molecule has 11 heteroatoms. The van der Waals surface area contributed by atoms with Gasteiger partial charge in [0.1, 0.15) is 11.6 Å². The van der Waals surface area contributed by atoms with E-state index >= 15 is 0 Å². The van der Waals surface area contributed by atoms with Gasteiger partial charge in [-0.05, 0) is 48.5 Å². The van der Waals surface area contributed by atoms with Crippen LogP contribution in [0.15, 0.2) is 72.8 Å². The summed E-state index contributed by atoms with van der Waals surface area (Å²) in [6.07, 6.45) is 0. The van der Waals surface area contributed by atoms with E-state index in [4.69, 9.17) is 11.6 Å². The summed E-state index contributed by atoms with van der Waals surface area (Å²) in [5.41, 5.74) is 0.838. The van der Waals surface area contributed by atoms with Crippen molar-refractivity contribution in [2.24, 2.45) is 0 Å². The quantitative estimate of drug-likeness (QED) is 0.269. The van der Waals surface area contributed by atoms with Gasteiger partial charge in [0.2, 0.25) is 23.8 Å². The van der Waals surface area contributed by atoms with Crippen molar-refractivity contribution in [1.82, 2.24) is 15.0 Å². The SMILES string of the molecule is O=C(CNc1nc(Nc2ccccc2F)nc(Nc2ccccc2F)n1)Nc1ccc(Cl)cc1. The molecule has 0 aliphatic heterocycles. The van der Waals surface area contributed by atoms with Gasteiger partial charge in [-0.1, -0.05) is 35.9 Å². The lowest BCUT2D eigenvalue weighted by molar-refractivity contribution is -0.114. The number of carbonyl (C=O) groups is 1. The Morgan fingerprint density at radius 1 is 0.735 bits per heavy atom. The largest absolute Gasteiger partial charge is 0.345 e. The number of halogens is 3. The van der Waals surface area contributed by atoms with E-state index in [0.717, 1.165) is 0 Å². The molecule has 4 N–H and O–H groups in total. The first-order valence-corrected chi connectivity index (χ1v) is 10.4. The maximum Gasteiger partial charge on any atom is 0.243 e. The Morgan fingerprint density at radius 2 is 1.24 bits per heavy atom. The van der Waals surface area contributed by atoms with E-state index in [9.17, 15) is 13.6 Å². The average Bonchev–Trinajstić information content (AvgIpc) is 2.82. The summed E-state index contributed by atoms with van der Waals surface area (Å²) in [6.45, 7) is -0.176. The summed E-state index contributed by atoms with van der Waals surface area (Å²) in [4.78, 5) is 24.8. The van der Waals surface area contributed by atoms with Crippen LogP contribution in [-0.2, 0) is 4.79 Å². The number of benzene rings is 3. The Kier molecular flexibility index (Phi) is 7.09. The van der Waals surface area contributed by atoms with Crippen LogP contribution in [0.25, 0.3) is 0 Å². The smallest absolute Gasteiger partial charge is 0.243 e. The van der Waals surface area contributed by atoms with Gasteiger partial charge < -0.3 is 21.3 Å². The van der Waals surface area contributed by atoms with Crippen molar-refractivity contribution in [2.45, 2.75) is 0 Å². The minimum absolute atomic E-state index is 0.0129. The van der Waals surface area contributed by atoms with Crippen LogP contribution < -0.4 is 21.3 Å². The fraction of sp³-hybridized carbons (Fsp3) is 0.0435. The molecule has 0 bridgehead atoms. The van der Waals surface area contributed by atoms with Crippen LogP contribution in [0.3, 0.4) is 0 Å². The van der Waals surface area contributed by atoms with Crippen molar-refractivity contribution in [3.63, 3.8) is 0 Å². The highest BCUT2D eigenvalue weighted by atomic mass is 35.5. The maximum atomic E-state index is 14.1. The number of aromatic nitrogens is 3. The number of amides is 1. The number of nitrogens with one attached hydrogen (secondary N) is 4. The fourth-order valence-corrected chi connectivity index (χ4v) is 2.96.